The minimum atomic E-state index is -0.189. The lowest BCUT2D eigenvalue weighted by atomic mass is 10.1. The van der Waals surface area contributed by atoms with Gasteiger partial charge >= 0.3 is 0 Å². The van der Waals surface area contributed by atoms with Crippen molar-refractivity contribution in [3.8, 4) is 0 Å². The number of hydrogen-bond donors (Lipinski definition) is 2. The lowest BCUT2D eigenvalue weighted by Gasteiger charge is -2.06. The Bertz CT molecular complexity index is 982. The zero-order chi connectivity index (χ0) is 20.1. The number of anilines is 1. The fraction of sp³-hybridized carbons (Fsp3) is 0.160. The minimum absolute atomic E-state index is 0.150. The van der Waals surface area contributed by atoms with Gasteiger partial charge in [0.2, 0.25) is 5.91 Å². The molecule has 2 unspecified atom stereocenters. The van der Waals surface area contributed by atoms with Gasteiger partial charge in [-0.1, -0.05) is 54.6 Å². The van der Waals surface area contributed by atoms with Crippen LogP contribution >= 0.6 is 0 Å². The Hall–Kier alpha value is -3.24. The molecule has 1 amide bonds. The van der Waals surface area contributed by atoms with Crippen molar-refractivity contribution in [2.24, 2.45) is 0 Å². The number of carbonyl (C=O) groups excluding carboxylic acids is 1. The molecule has 1 saturated carbocycles. The van der Waals surface area contributed by atoms with E-state index in [1.165, 1.54) is 29.3 Å². The van der Waals surface area contributed by atoms with Crippen molar-refractivity contribution in [1.29, 1.82) is 0 Å². The molecular weight excluding hydrogens is 363 g/mol. The van der Waals surface area contributed by atoms with E-state index in [1.54, 1.807) is 6.08 Å². The third kappa shape index (κ3) is 5.39. The molecule has 4 heteroatoms. The topological polar surface area (TPSA) is 41.1 Å². The highest BCUT2D eigenvalue weighted by atomic mass is 19.1. The number of halogens is 1. The van der Waals surface area contributed by atoms with Crippen molar-refractivity contribution in [2.45, 2.75) is 24.9 Å². The van der Waals surface area contributed by atoms with Crippen molar-refractivity contribution in [1.82, 2.24) is 5.32 Å². The van der Waals surface area contributed by atoms with E-state index in [0.717, 1.165) is 24.2 Å². The van der Waals surface area contributed by atoms with Crippen LogP contribution in [-0.4, -0.2) is 11.9 Å². The van der Waals surface area contributed by atoms with Crippen LogP contribution in [0.4, 0.5) is 10.1 Å². The molecule has 1 fully saturated rings. The smallest absolute Gasteiger partial charge is 0.248 e. The SMILES string of the molecule is O=C(/C=C/c1ccc(CNC2CC2c2ccc(F)cc2)cc1)Nc1ccccc1. The van der Waals surface area contributed by atoms with Crippen LogP contribution in [0.3, 0.4) is 0 Å². The molecule has 0 saturated heterocycles. The molecule has 0 heterocycles. The maximum absolute atomic E-state index is 13.0. The molecule has 0 aromatic heterocycles. The standard InChI is InChI=1S/C25H23FN2O/c26-21-13-11-20(12-14-21)23-16-24(23)27-17-19-8-6-18(7-9-19)10-15-25(29)28-22-4-2-1-3-5-22/h1-15,23-24,27H,16-17H2,(H,28,29)/b15-10+. The largest absolute Gasteiger partial charge is 0.323 e. The van der Waals surface area contributed by atoms with Crippen molar-refractivity contribution >= 4 is 17.7 Å². The first-order valence-electron chi connectivity index (χ1n) is 9.79. The second-order valence-electron chi connectivity index (χ2n) is 7.31. The summed E-state index contributed by atoms with van der Waals surface area (Å²) in [5.74, 6) is 0.133. The van der Waals surface area contributed by atoms with Crippen LogP contribution in [-0.2, 0) is 11.3 Å². The van der Waals surface area contributed by atoms with Gasteiger partial charge in [0.05, 0.1) is 0 Å². The summed E-state index contributed by atoms with van der Waals surface area (Å²) in [5.41, 5.74) is 4.15. The number of nitrogens with one attached hydrogen (secondary N) is 2. The van der Waals surface area contributed by atoms with E-state index in [2.05, 4.69) is 22.8 Å². The second kappa shape index (κ2) is 8.84. The first-order chi connectivity index (χ1) is 14.2. The first kappa shape index (κ1) is 19.1. The molecule has 0 spiro atoms. The molecule has 4 rings (SSSR count). The van der Waals surface area contributed by atoms with E-state index in [-0.39, 0.29) is 11.7 Å². The van der Waals surface area contributed by atoms with Gasteiger partial charge in [-0.2, -0.15) is 0 Å². The predicted octanol–water partition coefficient (Wildman–Crippen LogP) is 5.12. The number of carbonyl (C=O) groups is 1. The summed E-state index contributed by atoms with van der Waals surface area (Å²) in [5, 5.41) is 6.38. The third-order valence-corrected chi connectivity index (χ3v) is 5.11. The minimum Gasteiger partial charge on any atom is -0.323 e. The Labute approximate surface area is 170 Å². The van der Waals surface area contributed by atoms with E-state index in [0.29, 0.717) is 12.0 Å². The van der Waals surface area contributed by atoms with Gasteiger partial charge in [-0.15, -0.1) is 0 Å². The fourth-order valence-electron chi connectivity index (χ4n) is 3.37. The highest BCUT2D eigenvalue weighted by molar-refractivity contribution is 6.01. The van der Waals surface area contributed by atoms with E-state index in [1.807, 2.05) is 54.6 Å². The summed E-state index contributed by atoms with van der Waals surface area (Å²) < 4.78 is 13.0. The molecule has 0 aliphatic heterocycles. The monoisotopic (exact) mass is 386 g/mol. The fourth-order valence-corrected chi connectivity index (χ4v) is 3.37. The number of para-hydroxylation sites is 1. The van der Waals surface area contributed by atoms with E-state index >= 15 is 0 Å². The van der Waals surface area contributed by atoms with Crippen LogP contribution in [0.2, 0.25) is 0 Å². The summed E-state index contributed by atoms with van der Waals surface area (Å²) in [6, 6.07) is 24.8. The highest BCUT2D eigenvalue weighted by Gasteiger charge is 2.37. The van der Waals surface area contributed by atoms with E-state index in [4.69, 9.17) is 0 Å². The lowest BCUT2D eigenvalue weighted by molar-refractivity contribution is -0.111. The van der Waals surface area contributed by atoms with Gasteiger partial charge < -0.3 is 10.6 Å². The predicted molar refractivity (Wildman–Crippen MR) is 115 cm³/mol. The second-order valence-corrected chi connectivity index (χ2v) is 7.31. The van der Waals surface area contributed by atoms with Crippen molar-refractivity contribution in [2.75, 3.05) is 5.32 Å². The van der Waals surface area contributed by atoms with Crippen molar-refractivity contribution < 1.29 is 9.18 Å². The van der Waals surface area contributed by atoms with Gasteiger partial charge in [0.15, 0.2) is 0 Å². The molecular formula is C25H23FN2O. The van der Waals surface area contributed by atoms with Crippen LogP contribution < -0.4 is 10.6 Å². The molecule has 2 atom stereocenters. The molecule has 3 aromatic carbocycles. The van der Waals surface area contributed by atoms with E-state index < -0.39 is 0 Å². The van der Waals surface area contributed by atoms with Crippen LogP contribution in [0.25, 0.3) is 6.08 Å². The Morgan fingerprint density at radius 1 is 0.966 bits per heavy atom. The molecule has 0 bridgehead atoms. The molecule has 1 aliphatic rings. The maximum atomic E-state index is 13.0. The molecule has 3 nitrogen and oxygen atoms in total. The number of rotatable bonds is 7. The number of hydrogen-bond acceptors (Lipinski definition) is 2. The summed E-state index contributed by atoms with van der Waals surface area (Å²) in [4.78, 5) is 12.0. The average molecular weight is 386 g/mol. The number of benzene rings is 3. The summed E-state index contributed by atoms with van der Waals surface area (Å²) in [6.07, 6.45) is 4.43. The van der Waals surface area contributed by atoms with Crippen molar-refractivity contribution in [3.63, 3.8) is 0 Å². The van der Waals surface area contributed by atoms with E-state index in [9.17, 15) is 9.18 Å². The molecule has 29 heavy (non-hydrogen) atoms. The average Bonchev–Trinajstić information content (AvgIpc) is 3.52. The summed E-state index contributed by atoms with van der Waals surface area (Å²) >= 11 is 0. The van der Waals surface area contributed by atoms with Crippen LogP contribution in [0, 0.1) is 5.82 Å². The molecule has 146 valence electrons. The van der Waals surface area contributed by atoms with Gasteiger partial charge in [-0.05, 0) is 53.5 Å². The lowest BCUT2D eigenvalue weighted by Crippen LogP contribution is -2.17. The van der Waals surface area contributed by atoms with Gasteiger partial charge in [-0.3, -0.25) is 4.79 Å². The molecule has 3 aromatic rings. The zero-order valence-electron chi connectivity index (χ0n) is 16.0. The zero-order valence-corrected chi connectivity index (χ0v) is 16.0. The number of amides is 1. The van der Waals surface area contributed by atoms with Gasteiger partial charge in [0, 0.05) is 30.3 Å². The van der Waals surface area contributed by atoms with Crippen LogP contribution in [0.1, 0.15) is 29.0 Å². The Kier molecular flexibility index (Phi) is 5.82. The Morgan fingerprint density at radius 2 is 1.69 bits per heavy atom. The van der Waals surface area contributed by atoms with Crippen LogP contribution in [0.5, 0.6) is 0 Å². The Morgan fingerprint density at radius 3 is 2.41 bits per heavy atom. The maximum Gasteiger partial charge on any atom is 0.248 e. The van der Waals surface area contributed by atoms with Crippen LogP contribution in [0.15, 0.2) is 84.9 Å². The summed E-state index contributed by atoms with van der Waals surface area (Å²) in [6.45, 7) is 0.793. The molecule has 2 N–H and O–H groups in total. The van der Waals surface area contributed by atoms with Gasteiger partial charge in [0.1, 0.15) is 5.82 Å². The van der Waals surface area contributed by atoms with Crippen molar-refractivity contribution in [3.05, 3.63) is 107 Å². The first-order valence-corrected chi connectivity index (χ1v) is 9.79. The molecule has 0 radical (unpaired) electrons. The highest BCUT2D eigenvalue weighted by Crippen LogP contribution is 2.40. The third-order valence-electron chi connectivity index (χ3n) is 5.11. The van der Waals surface area contributed by atoms with Gasteiger partial charge in [0.25, 0.3) is 0 Å². The normalized spacial score (nSPS) is 18.0. The molecule has 1 aliphatic carbocycles. The summed E-state index contributed by atoms with van der Waals surface area (Å²) in [7, 11) is 0. The van der Waals surface area contributed by atoms with Gasteiger partial charge in [-0.25, -0.2) is 4.39 Å². The Balaban J connectivity index is 1.24. The quantitative estimate of drug-likeness (QED) is 0.553.